The van der Waals surface area contributed by atoms with Crippen molar-refractivity contribution in [2.45, 2.75) is 58.9 Å². The molecule has 304 valence electrons. The predicted octanol–water partition coefficient (Wildman–Crippen LogP) is 0.994. The lowest BCUT2D eigenvalue weighted by Crippen LogP contribution is -2.45. The van der Waals surface area contributed by atoms with Gasteiger partial charge in [-0.15, -0.1) is 0 Å². The van der Waals surface area contributed by atoms with Gasteiger partial charge in [0.2, 0.25) is 5.91 Å². The average Bonchev–Trinajstić information content (AvgIpc) is 3.44. The number of hydrogen-bond acceptors (Lipinski definition) is 14. The summed E-state index contributed by atoms with van der Waals surface area (Å²) >= 11 is 0. The molecule has 0 aromatic heterocycles. The summed E-state index contributed by atoms with van der Waals surface area (Å²) in [6, 6.07) is -0.735. The number of hydrogen-bond donors (Lipinski definition) is 2. The number of carbonyl (C=O) groups excluding carboxylic acids is 5. The molecule has 53 heavy (non-hydrogen) atoms. The molecule has 0 saturated heterocycles. The van der Waals surface area contributed by atoms with E-state index in [9.17, 15) is 28.8 Å². The molecule has 0 radical (unpaired) electrons. The molecule has 1 aliphatic rings. The number of nitrogens with one attached hydrogen (secondary N) is 1. The molecule has 0 bridgehead atoms. The van der Waals surface area contributed by atoms with Crippen LogP contribution in [0.3, 0.4) is 0 Å². The number of amides is 3. The first-order valence-corrected chi connectivity index (χ1v) is 18.2. The fourth-order valence-electron chi connectivity index (χ4n) is 4.57. The van der Waals surface area contributed by atoms with Crippen LogP contribution in [-0.4, -0.2) is 164 Å². The third-order valence-electron chi connectivity index (χ3n) is 7.60. The highest BCUT2D eigenvalue weighted by Gasteiger charge is 2.27. The summed E-state index contributed by atoms with van der Waals surface area (Å²) in [4.78, 5) is 71.5. The summed E-state index contributed by atoms with van der Waals surface area (Å²) in [6.45, 7) is 11.5. The Labute approximate surface area is 312 Å². The normalized spacial score (nSPS) is 13.9. The van der Waals surface area contributed by atoms with Crippen LogP contribution in [0.1, 0.15) is 52.9 Å². The molecule has 0 saturated carbocycles. The van der Waals surface area contributed by atoms with Crippen LogP contribution in [-0.2, 0) is 66.7 Å². The van der Waals surface area contributed by atoms with E-state index in [1.807, 2.05) is 0 Å². The van der Waals surface area contributed by atoms with Crippen molar-refractivity contribution >= 4 is 35.3 Å². The molecular weight excluding hydrogens is 700 g/mol. The number of aliphatic carboxylic acids is 1. The minimum atomic E-state index is -1.05. The summed E-state index contributed by atoms with van der Waals surface area (Å²) in [7, 11) is 0. The van der Waals surface area contributed by atoms with Gasteiger partial charge in [0.1, 0.15) is 5.78 Å². The van der Waals surface area contributed by atoms with E-state index in [0.717, 1.165) is 4.90 Å². The number of ketones is 2. The number of rotatable bonds is 37. The second kappa shape index (κ2) is 31.2. The lowest BCUT2D eigenvalue weighted by atomic mass is 9.93. The Kier molecular flexibility index (Phi) is 28.2. The topological polar surface area (TPSA) is 212 Å². The van der Waals surface area contributed by atoms with Crippen molar-refractivity contribution in [1.29, 1.82) is 0 Å². The molecule has 0 fully saturated rings. The molecule has 0 unspecified atom stereocenters. The Hall–Kier alpha value is -3.16. The van der Waals surface area contributed by atoms with Crippen molar-refractivity contribution < 1.29 is 71.8 Å². The van der Waals surface area contributed by atoms with Crippen molar-refractivity contribution in [2.24, 2.45) is 11.8 Å². The minimum absolute atomic E-state index is 0.0161. The Morgan fingerprint density at radius 3 is 1.40 bits per heavy atom. The van der Waals surface area contributed by atoms with E-state index in [4.69, 9.17) is 43.0 Å². The molecule has 0 aromatic carbocycles. The number of ether oxygens (including phenoxy) is 8. The van der Waals surface area contributed by atoms with Gasteiger partial charge in [0.15, 0.2) is 5.78 Å². The summed E-state index contributed by atoms with van der Waals surface area (Å²) in [5.41, 5.74) is 0. The zero-order valence-corrected chi connectivity index (χ0v) is 31.6. The van der Waals surface area contributed by atoms with Crippen LogP contribution in [0.15, 0.2) is 12.2 Å². The van der Waals surface area contributed by atoms with E-state index in [0.29, 0.717) is 112 Å². The summed E-state index contributed by atoms with van der Waals surface area (Å²) in [5.74, 6) is -3.42. The first kappa shape index (κ1) is 47.9. The van der Waals surface area contributed by atoms with Crippen molar-refractivity contribution in [2.75, 3.05) is 112 Å². The maximum absolute atomic E-state index is 12.4. The standard InChI is InChI=1S/C36H60N2O15/c1-28(2)35(31(40)27-29(3)36(44)45)37-32(41)9-12-47-14-16-49-18-20-51-22-24-53-26-25-52-23-21-50-19-17-48-15-13-46-11-4-5-30(39)8-10-38-33(42)6-7-34(38)43/h6-7,28-29,35H,4-5,8-27H2,1-3H3,(H,37,41)(H,44,45)/t29-,35+/m1/s1. The van der Waals surface area contributed by atoms with E-state index >= 15 is 0 Å². The molecule has 1 aliphatic heterocycles. The fourth-order valence-corrected chi connectivity index (χ4v) is 4.57. The molecule has 3 amide bonds. The third-order valence-corrected chi connectivity index (χ3v) is 7.60. The van der Waals surface area contributed by atoms with Gasteiger partial charge in [0.25, 0.3) is 11.8 Å². The van der Waals surface area contributed by atoms with E-state index < -0.39 is 17.9 Å². The molecule has 1 rings (SSSR count). The molecule has 17 heteroatoms. The van der Waals surface area contributed by atoms with Gasteiger partial charge in [-0.2, -0.15) is 0 Å². The Balaban J connectivity index is 1.77. The van der Waals surface area contributed by atoms with Gasteiger partial charge in [-0.1, -0.05) is 20.8 Å². The van der Waals surface area contributed by atoms with Crippen LogP contribution < -0.4 is 5.32 Å². The molecule has 0 spiro atoms. The van der Waals surface area contributed by atoms with Crippen LogP contribution in [0.4, 0.5) is 0 Å². The lowest BCUT2D eigenvalue weighted by molar-refractivity contribution is -0.143. The Bertz CT molecular complexity index is 1080. The summed E-state index contributed by atoms with van der Waals surface area (Å²) in [5, 5.41) is 11.7. The first-order valence-electron chi connectivity index (χ1n) is 18.2. The molecule has 0 aromatic rings. The van der Waals surface area contributed by atoms with E-state index in [-0.39, 0.29) is 67.6 Å². The van der Waals surface area contributed by atoms with Gasteiger partial charge in [-0.3, -0.25) is 33.7 Å². The highest BCUT2D eigenvalue weighted by molar-refractivity contribution is 6.13. The third kappa shape index (κ3) is 25.5. The monoisotopic (exact) mass is 760 g/mol. The Morgan fingerprint density at radius 1 is 0.604 bits per heavy atom. The van der Waals surface area contributed by atoms with Crippen molar-refractivity contribution in [3.05, 3.63) is 12.2 Å². The largest absolute Gasteiger partial charge is 0.481 e. The van der Waals surface area contributed by atoms with Gasteiger partial charge in [-0.25, -0.2) is 0 Å². The SMILES string of the molecule is CC(C)[C@H](NC(=O)CCOCCOCCOCCOCCOCCOCCOCCOCCCC(=O)CCN1C(=O)C=CC1=O)C(=O)C[C@@H](C)C(=O)O. The molecule has 17 nitrogen and oxygen atoms in total. The minimum Gasteiger partial charge on any atom is -0.481 e. The van der Waals surface area contributed by atoms with Crippen molar-refractivity contribution in [1.82, 2.24) is 10.2 Å². The Morgan fingerprint density at radius 2 is 1.00 bits per heavy atom. The first-order chi connectivity index (χ1) is 25.5. The van der Waals surface area contributed by atoms with Gasteiger partial charge in [0.05, 0.1) is 111 Å². The van der Waals surface area contributed by atoms with Crippen LogP contribution >= 0.6 is 0 Å². The highest BCUT2D eigenvalue weighted by atomic mass is 16.6. The number of carboxylic acid groups (broad SMARTS) is 1. The number of carboxylic acids is 1. The van der Waals surface area contributed by atoms with E-state index in [2.05, 4.69) is 5.32 Å². The summed E-state index contributed by atoms with van der Waals surface area (Å²) < 4.78 is 43.6. The summed E-state index contributed by atoms with van der Waals surface area (Å²) in [6.07, 6.45) is 3.40. The van der Waals surface area contributed by atoms with E-state index in [1.165, 1.54) is 19.1 Å². The van der Waals surface area contributed by atoms with Crippen LogP contribution in [0.5, 0.6) is 0 Å². The maximum atomic E-state index is 12.4. The van der Waals surface area contributed by atoms with E-state index in [1.54, 1.807) is 13.8 Å². The molecule has 1 heterocycles. The van der Waals surface area contributed by atoms with Gasteiger partial charge in [-0.05, 0) is 12.3 Å². The van der Waals surface area contributed by atoms with Crippen LogP contribution in [0.2, 0.25) is 0 Å². The predicted molar refractivity (Wildman–Crippen MR) is 189 cm³/mol. The highest BCUT2D eigenvalue weighted by Crippen LogP contribution is 2.11. The van der Waals surface area contributed by atoms with Crippen molar-refractivity contribution in [3.8, 4) is 0 Å². The average molecular weight is 761 g/mol. The zero-order chi connectivity index (χ0) is 39.1. The van der Waals surface area contributed by atoms with Gasteiger partial charge < -0.3 is 48.3 Å². The van der Waals surface area contributed by atoms with Crippen LogP contribution in [0.25, 0.3) is 0 Å². The fraction of sp³-hybridized carbons (Fsp3) is 0.778. The van der Waals surface area contributed by atoms with Gasteiger partial charge >= 0.3 is 5.97 Å². The second-order valence-electron chi connectivity index (χ2n) is 12.4. The molecule has 2 atom stereocenters. The number of carbonyl (C=O) groups is 6. The van der Waals surface area contributed by atoms with Crippen molar-refractivity contribution in [3.63, 3.8) is 0 Å². The number of imide groups is 1. The maximum Gasteiger partial charge on any atom is 0.306 e. The van der Waals surface area contributed by atoms with Crippen LogP contribution in [0, 0.1) is 11.8 Å². The molecule has 2 N–H and O–H groups in total. The lowest BCUT2D eigenvalue weighted by Gasteiger charge is -2.22. The smallest absolute Gasteiger partial charge is 0.306 e. The number of Topliss-reactive ketones (excluding diaryl/α,β-unsaturated/α-hetero) is 2. The molecular formula is C36H60N2O15. The number of nitrogens with zero attached hydrogens (tertiary/aromatic N) is 1. The quantitative estimate of drug-likeness (QED) is 0.0668. The van der Waals surface area contributed by atoms with Gasteiger partial charge in [0, 0.05) is 51.0 Å². The molecule has 0 aliphatic carbocycles. The second-order valence-corrected chi connectivity index (χ2v) is 12.4. The zero-order valence-electron chi connectivity index (χ0n) is 31.6.